The molecule has 1 saturated heterocycles. The van der Waals surface area contributed by atoms with Gasteiger partial charge in [-0.15, -0.1) is 0 Å². The molecule has 100 valence electrons. The summed E-state index contributed by atoms with van der Waals surface area (Å²) in [4.78, 5) is 4.26. The first kappa shape index (κ1) is 13.6. The number of aryl methyl sites for hydroxylation is 1. The van der Waals surface area contributed by atoms with E-state index < -0.39 is 0 Å². The van der Waals surface area contributed by atoms with Crippen molar-refractivity contribution in [1.29, 1.82) is 0 Å². The fourth-order valence-electron chi connectivity index (χ4n) is 2.33. The Hall–Kier alpha value is -0.800. The zero-order valence-electron chi connectivity index (χ0n) is 11.2. The number of pyridine rings is 1. The van der Waals surface area contributed by atoms with E-state index >= 15 is 0 Å². The molecule has 1 aromatic heterocycles. The third kappa shape index (κ3) is 3.36. The summed E-state index contributed by atoms with van der Waals surface area (Å²) in [5.41, 5.74) is 2.03. The molecule has 0 amide bonds. The molecule has 0 radical (unpaired) electrons. The molecule has 0 spiro atoms. The summed E-state index contributed by atoms with van der Waals surface area (Å²) >= 11 is 5.87. The van der Waals surface area contributed by atoms with Gasteiger partial charge >= 0.3 is 0 Å². The third-order valence-corrected chi connectivity index (χ3v) is 3.68. The molecule has 1 N–H and O–H groups in total. The van der Waals surface area contributed by atoms with Crippen LogP contribution in [-0.2, 0) is 4.74 Å². The predicted octanol–water partition coefficient (Wildman–Crippen LogP) is 3.66. The maximum Gasteiger partial charge on any atom is 0.129 e. The van der Waals surface area contributed by atoms with Crippen LogP contribution in [0.2, 0.25) is 5.15 Å². The molecule has 2 heterocycles. The van der Waals surface area contributed by atoms with Gasteiger partial charge in [0.1, 0.15) is 5.15 Å². The van der Waals surface area contributed by atoms with Crippen molar-refractivity contribution in [1.82, 2.24) is 4.98 Å². The van der Waals surface area contributed by atoms with Crippen LogP contribution >= 0.6 is 11.6 Å². The molecule has 18 heavy (non-hydrogen) atoms. The Morgan fingerprint density at radius 2 is 2.22 bits per heavy atom. The molecule has 0 saturated carbocycles. The van der Waals surface area contributed by atoms with E-state index in [2.05, 4.69) is 24.1 Å². The van der Waals surface area contributed by atoms with Gasteiger partial charge in [0.05, 0.1) is 17.5 Å². The van der Waals surface area contributed by atoms with Crippen molar-refractivity contribution in [3.63, 3.8) is 0 Å². The number of nitrogens with zero attached hydrogens (tertiary/aromatic N) is 1. The SMILES string of the molecule is Cc1nc(Cl)ccc1NC1CCOC(C(C)C)C1. The second-order valence-corrected chi connectivity index (χ2v) is 5.67. The van der Waals surface area contributed by atoms with Gasteiger partial charge in [-0.1, -0.05) is 25.4 Å². The highest BCUT2D eigenvalue weighted by atomic mass is 35.5. The Morgan fingerprint density at radius 1 is 1.44 bits per heavy atom. The summed E-state index contributed by atoms with van der Waals surface area (Å²) in [6, 6.07) is 4.30. The number of aromatic nitrogens is 1. The number of halogens is 1. The molecule has 1 aromatic rings. The van der Waals surface area contributed by atoms with Crippen LogP contribution in [-0.4, -0.2) is 23.7 Å². The minimum Gasteiger partial charge on any atom is -0.381 e. The molecular weight excluding hydrogens is 248 g/mol. The van der Waals surface area contributed by atoms with Gasteiger partial charge in [-0.2, -0.15) is 0 Å². The van der Waals surface area contributed by atoms with Gasteiger partial charge in [0.25, 0.3) is 0 Å². The monoisotopic (exact) mass is 268 g/mol. The van der Waals surface area contributed by atoms with Gasteiger partial charge in [-0.3, -0.25) is 0 Å². The second-order valence-electron chi connectivity index (χ2n) is 5.29. The highest BCUT2D eigenvalue weighted by Gasteiger charge is 2.25. The van der Waals surface area contributed by atoms with Crippen LogP contribution < -0.4 is 5.32 Å². The summed E-state index contributed by atoms with van der Waals surface area (Å²) in [7, 11) is 0. The van der Waals surface area contributed by atoms with Gasteiger partial charge < -0.3 is 10.1 Å². The van der Waals surface area contributed by atoms with Crippen molar-refractivity contribution in [3.8, 4) is 0 Å². The molecule has 4 heteroatoms. The lowest BCUT2D eigenvalue weighted by atomic mass is 9.95. The normalized spacial score (nSPS) is 24.3. The van der Waals surface area contributed by atoms with Gasteiger partial charge in [0.2, 0.25) is 0 Å². The van der Waals surface area contributed by atoms with E-state index in [0.717, 1.165) is 30.8 Å². The summed E-state index contributed by atoms with van der Waals surface area (Å²) in [6.45, 7) is 7.23. The maximum absolute atomic E-state index is 5.87. The van der Waals surface area contributed by atoms with Crippen molar-refractivity contribution in [2.45, 2.75) is 45.8 Å². The minimum absolute atomic E-state index is 0.358. The number of hydrogen-bond donors (Lipinski definition) is 1. The summed E-state index contributed by atoms with van der Waals surface area (Å²) in [5, 5.41) is 4.11. The highest BCUT2D eigenvalue weighted by Crippen LogP contribution is 2.24. The first-order chi connectivity index (χ1) is 8.56. The van der Waals surface area contributed by atoms with E-state index in [4.69, 9.17) is 16.3 Å². The molecule has 3 nitrogen and oxygen atoms in total. The van der Waals surface area contributed by atoms with Crippen molar-refractivity contribution in [2.24, 2.45) is 5.92 Å². The molecule has 1 fully saturated rings. The number of ether oxygens (including phenoxy) is 1. The fourth-order valence-corrected chi connectivity index (χ4v) is 2.52. The number of hydrogen-bond acceptors (Lipinski definition) is 3. The summed E-state index contributed by atoms with van der Waals surface area (Å²) < 4.78 is 5.78. The number of nitrogens with one attached hydrogen (secondary N) is 1. The van der Waals surface area contributed by atoms with Crippen LogP contribution in [0.25, 0.3) is 0 Å². The topological polar surface area (TPSA) is 34.2 Å². The Bertz CT molecular complexity index is 409. The van der Waals surface area contributed by atoms with Crippen LogP contribution in [0, 0.1) is 12.8 Å². The molecule has 0 bridgehead atoms. The molecule has 2 atom stereocenters. The van der Waals surface area contributed by atoms with Crippen LogP contribution in [0.4, 0.5) is 5.69 Å². The summed E-state index contributed by atoms with van der Waals surface area (Å²) in [5.74, 6) is 0.569. The lowest BCUT2D eigenvalue weighted by molar-refractivity contribution is -0.0160. The van der Waals surface area contributed by atoms with Gasteiger partial charge in [0, 0.05) is 12.6 Å². The van der Waals surface area contributed by atoms with Crippen molar-refractivity contribution >= 4 is 17.3 Å². The Morgan fingerprint density at radius 3 is 2.89 bits per heavy atom. The molecule has 0 aromatic carbocycles. The quantitative estimate of drug-likeness (QED) is 0.850. The second kappa shape index (κ2) is 5.89. The Kier molecular flexibility index (Phi) is 4.46. The van der Waals surface area contributed by atoms with E-state index in [1.165, 1.54) is 0 Å². The van der Waals surface area contributed by atoms with Crippen LogP contribution in [0.1, 0.15) is 32.4 Å². The van der Waals surface area contributed by atoms with Crippen molar-refractivity contribution in [2.75, 3.05) is 11.9 Å². The van der Waals surface area contributed by atoms with Gasteiger partial charge in [-0.05, 0) is 37.8 Å². The first-order valence-corrected chi connectivity index (χ1v) is 6.95. The third-order valence-electron chi connectivity index (χ3n) is 3.47. The van der Waals surface area contributed by atoms with Crippen LogP contribution in [0.15, 0.2) is 12.1 Å². The van der Waals surface area contributed by atoms with E-state index in [1.54, 1.807) is 0 Å². The fraction of sp³-hybridized carbons (Fsp3) is 0.643. The molecule has 2 unspecified atom stereocenters. The van der Waals surface area contributed by atoms with Crippen LogP contribution in [0.3, 0.4) is 0 Å². The van der Waals surface area contributed by atoms with Crippen molar-refractivity contribution in [3.05, 3.63) is 23.0 Å². The summed E-state index contributed by atoms with van der Waals surface area (Å²) in [6.07, 6.45) is 2.46. The van der Waals surface area contributed by atoms with Crippen LogP contribution in [0.5, 0.6) is 0 Å². The standard InChI is InChI=1S/C14H21ClN2O/c1-9(2)13-8-11(6-7-18-13)17-12-4-5-14(15)16-10(12)3/h4-5,9,11,13,17H,6-8H2,1-3H3. The first-order valence-electron chi connectivity index (χ1n) is 6.57. The van der Waals surface area contributed by atoms with Crippen molar-refractivity contribution < 1.29 is 4.74 Å². The number of anilines is 1. The zero-order valence-corrected chi connectivity index (χ0v) is 12.0. The lowest BCUT2D eigenvalue weighted by Crippen LogP contribution is -2.36. The van der Waals surface area contributed by atoms with E-state index in [1.807, 2.05) is 19.1 Å². The molecule has 1 aliphatic rings. The van der Waals surface area contributed by atoms with Gasteiger partial charge in [-0.25, -0.2) is 4.98 Å². The van der Waals surface area contributed by atoms with Gasteiger partial charge in [0.15, 0.2) is 0 Å². The van der Waals surface area contributed by atoms with E-state index in [9.17, 15) is 0 Å². The number of rotatable bonds is 3. The molecule has 0 aliphatic carbocycles. The predicted molar refractivity (Wildman–Crippen MR) is 75.2 cm³/mol. The maximum atomic E-state index is 5.87. The molecule has 2 rings (SSSR count). The smallest absolute Gasteiger partial charge is 0.129 e. The zero-order chi connectivity index (χ0) is 13.1. The lowest BCUT2D eigenvalue weighted by Gasteiger charge is -2.33. The largest absolute Gasteiger partial charge is 0.381 e. The molecule has 1 aliphatic heterocycles. The average molecular weight is 269 g/mol. The molecular formula is C14H21ClN2O. The minimum atomic E-state index is 0.358. The van der Waals surface area contributed by atoms with E-state index in [-0.39, 0.29) is 0 Å². The Balaban J connectivity index is 2.00. The highest BCUT2D eigenvalue weighted by molar-refractivity contribution is 6.29. The van der Waals surface area contributed by atoms with E-state index in [0.29, 0.717) is 23.2 Å². The average Bonchev–Trinajstić information content (AvgIpc) is 2.33. The Labute approximate surface area is 114 Å².